The predicted octanol–water partition coefficient (Wildman–Crippen LogP) is 1.69. The van der Waals surface area contributed by atoms with Gasteiger partial charge in [-0.2, -0.15) is 0 Å². The minimum atomic E-state index is -1.14. The number of carbonyl (C=O) groups is 1. The van der Waals surface area contributed by atoms with E-state index < -0.39 is 10.9 Å². The van der Waals surface area contributed by atoms with Crippen LogP contribution >= 0.6 is 0 Å². The van der Waals surface area contributed by atoms with Gasteiger partial charge in [0.15, 0.2) is 0 Å². The molecule has 0 amide bonds. The highest BCUT2D eigenvalue weighted by Gasteiger charge is 2.13. The molecule has 1 aromatic rings. The molecule has 114 valence electrons. The van der Waals surface area contributed by atoms with Crippen LogP contribution < -0.4 is 4.90 Å². The second-order valence-electron chi connectivity index (χ2n) is 4.90. The molecule has 1 rings (SSSR count). The molecule has 0 heterocycles. The van der Waals surface area contributed by atoms with Crippen LogP contribution in [0, 0.1) is 10.1 Å². The molecule has 7 heteroatoms. The highest BCUT2D eigenvalue weighted by atomic mass is 16.6. The summed E-state index contributed by atoms with van der Waals surface area (Å²) >= 11 is 0. The van der Waals surface area contributed by atoms with Crippen molar-refractivity contribution in [2.24, 2.45) is 0 Å². The van der Waals surface area contributed by atoms with Crippen molar-refractivity contribution in [1.29, 1.82) is 0 Å². The standard InChI is InChI=1S/C14H19N3O4/c1-15(2)8-9-16(3)12-5-6-13(17(20)21)11(10-12)4-7-14(18)19/h4-7,10H,8-9H2,1-3H3,(H,18,19)/b7-4+. The van der Waals surface area contributed by atoms with E-state index in [1.807, 2.05) is 30.9 Å². The maximum Gasteiger partial charge on any atom is 0.328 e. The summed E-state index contributed by atoms with van der Waals surface area (Å²) < 4.78 is 0. The van der Waals surface area contributed by atoms with E-state index in [0.717, 1.165) is 24.9 Å². The van der Waals surface area contributed by atoms with E-state index in [0.29, 0.717) is 0 Å². The Bertz CT molecular complexity index is 555. The largest absolute Gasteiger partial charge is 0.478 e. The summed E-state index contributed by atoms with van der Waals surface area (Å²) in [5.74, 6) is -1.14. The van der Waals surface area contributed by atoms with E-state index in [-0.39, 0.29) is 11.3 Å². The summed E-state index contributed by atoms with van der Waals surface area (Å²) in [5, 5.41) is 19.6. The van der Waals surface area contributed by atoms with E-state index in [4.69, 9.17) is 5.11 Å². The molecule has 0 radical (unpaired) electrons. The SMILES string of the molecule is CN(C)CCN(C)c1ccc([N+](=O)[O-])c(/C=C/C(=O)O)c1. The Balaban J connectivity index is 3.05. The normalized spacial score (nSPS) is 11.0. The van der Waals surface area contributed by atoms with Crippen molar-refractivity contribution >= 4 is 23.4 Å². The lowest BCUT2D eigenvalue weighted by Gasteiger charge is -2.21. The number of nitrogens with zero attached hydrogens (tertiary/aromatic N) is 3. The quantitative estimate of drug-likeness (QED) is 0.467. The van der Waals surface area contributed by atoms with Gasteiger partial charge in [0.1, 0.15) is 0 Å². The van der Waals surface area contributed by atoms with Crippen LogP contribution in [-0.2, 0) is 4.79 Å². The molecular weight excluding hydrogens is 274 g/mol. The monoisotopic (exact) mass is 293 g/mol. The van der Waals surface area contributed by atoms with E-state index in [2.05, 4.69) is 0 Å². The Morgan fingerprint density at radius 3 is 2.52 bits per heavy atom. The third-order valence-electron chi connectivity index (χ3n) is 2.94. The summed E-state index contributed by atoms with van der Waals surface area (Å²) in [6.45, 7) is 1.60. The van der Waals surface area contributed by atoms with Crippen molar-refractivity contribution in [2.45, 2.75) is 0 Å². The molecular formula is C14H19N3O4. The van der Waals surface area contributed by atoms with Crippen molar-refractivity contribution in [2.75, 3.05) is 39.1 Å². The molecule has 21 heavy (non-hydrogen) atoms. The number of carboxylic acids is 1. The first kappa shape index (κ1) is 16.6. The lowest BCUT2D eigenvalue weighted by atomic mass is 10.1. The number of likely N-dealkylation sites (N-methyl/N-ethyl adjacent to an activating group) is 2. The number of rotatable bonds is 7. The molecule has 0 aliphatic rings. The van der Waals surface area contributed by atoms with Gasteiger partial charge in [-0.05, 0) is 32.3 Å². The fourth-order valence-corrected chi connectivity index (χ4v) is 1.72. The Morgan fingerprint density at radius 2 is 2.00 bits per heavy atom. The molecule has 0 aliphatic carbocycles. The third kappa shape index (κ3) is 5.23. The van der Waals surface area contributed by atoms with Gasteiger partial charge in [-0.15, -0.1) is 0 Å². The number of nitro benzene ring substituents is 1. The van der Waals surface area contributed by atoms with Crippen molar-refractivity contribution in [3.63, 3.8) is 0 Å². The van der Waals surface area contributed by atoms with E-state index >= 15 is 0 Å². The van der Waals surface area contributed by atoms with Crippen LogP contribution in [0.15, 0.2) is 24.3 Å². The molecule has 0 atom stereocenters. The average Bonchev–Trinajstić information content (AvgIpc) is 2.41. The van der Waals surface area contributed by atoms with Crippen LogP contribution in [-0.4, -0.2) is 55.1 Å². The minimum Gasteiger partial charge on any atom is -0.478 e. The first-order valence-corrected chi connectivity index (χ1v) is 6.36. The van der Waals surface area contributed by atoms with E-state index in [1.54, 1.807) is 12.1 Å². The maximum atomic E-state index is 11.0. The van der Waals surface area contributed by atoms with Crippen molar-refractivity contribution in [1.82, 2.24) is 4.90 Å². The minimum absolute atomic E-state index is 0.114. The van der Waals surface area contributed by atoms with Crippen LogP contribution in [0.4, 0.5) is 11.4 Å². The average molecular weight is 293 g/mol. The summed E-state index contributed by atoms with van der Waals surface area (Å²) in [6.07, 6.45) is 2.13. The van der Waals surface area contributed by atoms with Gasteiger partial charge in [0.05, 0.1) is 10.5 Å². The Labute approximate surface area is 123 Å². The Kier molecular flexibility index (Phi) is 5.86. The van der Waals surface area contributed by atoms with Gasteiger partial charge in [0.2, 0.25) is 0 Å². The topological polar surface area (TPSA) is 86.9 Å². The fourth-order valence-electron chi connectivity index (χ4n) is 1.72. The van der Waals surface area contributed by atoms with Crippen LogP contribution in [0.2, 0.25) is 0 Å². The van der Waals surface area contributed by atoms with E-state index in [9.17, 15) is 14.9 Å². The van der Waals surface area contributed by atoms with Gasteiger partial charge in [-0.1, -0.05) is 0 Å². The zero-order chi connectivity index (χ0) is 16.0. The highest BCUT2D eigenvalue weighted by Crippen LogP contribution is 2.25. The second kappa shape index (κ2) is 7.39. The lowest BCUT2D eigenvalue weighted by molar-refractivity contribution is -0.385. The molecule has 0 unspecified atom stereocenters. The first-order chi connectivity index (χ1) is 9.81. The molecule has 0 aromatic heterocycles. The summed E-state index contributed by atoms with van der Waals surface area (Å²) in [6, 6.07) is 4.67. The Hall–Kier alpha value is -2.41. The van der Waals surface area contributed by atoms with Gasteiger partial charge in [0, 0.05) is 38.0 Å². The molecule has 0 spiro atoms. The Morgan fingerprint density at radius 1 is 1.33 bits per heavy atom. The van der Waals surface area contributed by atoms with Gasteiger partial charge in [-0.3, -0.25) is 10.1 Å². The molecule has 0 saturated carbocycles. The second-order valence-corrected chi connectivity index (χ2v) is 4.90. The molecule has 0 aliphatic heterocycles. The summed E-state index contributed by atoms with van der Waals surface area (Å²) in [7, 11) is 5.81. The molecule has 0 saturated heterocycles. The van der Waals surface area contributed by atoms with Crippen molar-refractivity contribution in [3.8, 4) is 0 Å². The van der Waals surface area contributed by atoms with Crippen LogP contribution in [0.25, 0.3) is 6.08 Å². The fraction of sp³-hybridized carbons (Fsp3) is 0.357. The van der Waals surface area contributed by atoms with Crippen LogP contribution in [0.1, 0.15) is 5.56 Å². The summed E-state index contributed by atoms with van der Waals surface area (Å²) in [5.41, 5.74) is 0.960. The summed E-state index contributed by atoms with van der Waals surface area (Å²) in [4.78, 5) is 25.0. The number of benzene rings is 1. The number of anilines is 1. The smallest absolute Gasteiger partial charge is 0.328 e. The van der Waals surface area contributed by atoms with Gasteiger partial charge < -0.3 is 14.9 Å². The number of nitro groups is 1. The van der Waals surface area contributed by atoms with Gasteiger partial charge >= 0.3 is 5.97 Å². The zero-order valence-corrected chi connectivity index (χ0v) is 12.3. The first-order valence-electron chi connectivity index (χ1n) is 6.36. The number of hydrogen-bond donors (Lipinski definition) is 1. The molecule has 0 bridgehead atoms. The zero-order valence-electron chi connectivity index (χ0n) is 12.3. The van der Waals surface area contributed by atoms with Crippen molar-refractivity contribution in [3.05, 3.63) is 40.0 Å². The lowest BCUT2D eigenvalue weighted by Crippen LogP contribution is -2.28. The molecule has 0 fully saturated rings. The highest BCUT2D eigenvalue weighted by molar-refractivity contribution is 5.86. The van der Waals surface area contributed by atoms with Crippen LogP contribution in [0.3, 0.4) is 0 Å². The van der Waals surface area contributed by atoms with E-state index in [1.165, 1.54) is 12.1 Å². The van der Waals surface area contributed by atoms with Gasteiger partial charge in [-0.25, -0.2) is 4.79 Å². The van der Waals surface area contributed by atoms with Crippen molar-refractivity contribution < 1.29 is 14.8 Å². The number of carboxylic acid groups (broad SMARTS) is 1. The van der Waals surface area contributed by atoms with Gasteiger partial charge in [0.25, 0.3) is 5.69 Å². The number of aliphatic carboxylic acids is 1. The number of hydrogen-bond acceptors (Lipinski definition) is 5. The molecule has 7 nitrogen and oxygen atoms in total. The third-order valence-corrected chi connectivity index (χ3v) is 2.94. The van der Waals surface area contributed by atoms with Crippen LogP contribution in [0.5, 0.6) is 0 Å². The molecule has 1 N–H and O–H groups in total. The molecule has 1 aromatic carbocycles. The maximum absolute atomic E-state index is 11.0. The predicted molar refractivity (Wildman–Crippen MR) is 81.6 cm³/mol.